The molecule has 0 aliphatic carbocycles. The van der Waals surface area contributed by atoms with E-state index in [0.29, 0.717) is 16.4 Å². The Balaban J connectivity index is 1.81. The first kappa shape index (κ1) is 23.9. The molecule has 1 heterocycles. The second-order valence-electron chi connectivity index (χ2n) is 6.99. The van der Waals surface area contributed by atoms with Gasteiger partial charge < -0.3 is 10.2 Å². The lowest BCUT2D eigenvalue weighted by atomic mass is 10.2. The van der Waals surface area contributed by atoms with Crippen molar-refractivity contribution in [2.45, 2.75) is 19.6 Å². The number of carbonyl (C=O) groups is 2. The Kier molecular flexibility index (Phi) is 7.10. The summed E-state index contributed by atoms with van der Waals surface area (Å²) < 4.78 is 68.9. The van der Waals surface area contributed by atoms with E-state index in [-0.39, 0.29) is 13.1 Å². The van der Waals surface area contributed by atoms with Crippen LogP contribution in [0.15, 0.2) is 54.7 Å². The molecule has 6 nitrogen and oxygen atoms in total. The van der Waals surface area contributed by atoms with Crippen molar-refractivity contribution in [3.8, 4) is 5.69 Å². The van der Waals surface area contributed by atoms with Gasteiger partial charge in [-0.2, -0.15) is 18.3 Å². The van der Waals surface area contributed by atoms with Crippen LogP contribution in [0.25, 0.3) is 5.69 Å². The fourth-order valence-corrected chi connectivity index (χ4v) is 3.11. The summed E-state index contributed by atoms with van der Waals surface area (Å²) in [6.45, 7) is 0.966. The van der Waals surface area contributed by atoms with Gasteiger partial charge in [0.2, 0.25) is 5.91 Å². The highest BCUT2D eigenvalue weighted by atomic mass is 19.4. The van der Waals surface area contributed by atoms with Crippen molar-refractivity contribution < 1.29 is 31.5 Å². The first-order chi connectivity index (χ1) is 15.6. The molecule has 3 aromatic rings. The summed E-state index contributed by atoms with van der Waals surface area (Å²) in [4.78, 5) is 26.1. The number of carbonyl (C=O) groups excluding carboxylic acids is 2. The van der Waals surface area contributed by atoms with Gasteiger partial charge in [-0.05, 0) is 36.8 Å². The Morgan fingerprint density at radius 1 is 1.06 bits per heavy atom. The molecule has 0 aliphatic rings. The van der Waals surface area contributed by atoms with Crippen molar-refractivity contribution >= 4 is 11.8 Å². The van der Waals surface area contributed by atoms with Crippen molar-refractivity contribution in [1.29, 1.82) is 0 Å². The number of halogens is 5. The van der Waals surface area contributed by atoms with E-state index in [0.717, 1.165) is 17.0 Å². The number of nitrogens with zero attached hydrogens (tertiary/aromatic N) is 3. The number of alkyl halides is 3. The van der Waals surface area contributed by atoms with E-state index in [4.69, 9.17) is 0 Å². The summed E-state index contributed by atoms with van der Waals surface area (Å²) in [6, 6.07) is 10.1. The number of amides is 2. The van der Waals surface area contributed by atoms with Crippen molar-refractivity contribution in [2.24, 2.45) is 0 Å². The molecule has 2 aromatic carbocycles. The minimum atomic E-state index is -5.02. The van der Waals surface area contributed by atoms with Crippen LogP contribution < -0.4 is 5.32 Å². The fourth-order valence-electron chi connectivity index (χ4n) is 3.11. The van der Waals surface area contributed by atoms with Gasteiger partial charge in [0.05, 0.1) is 18.3 Å². The molecule has 33 heavy (non-hydrogen) atoms. The predicted octanol–water partition coefficient (Wildman–Crippen LogP) is 3.95. The Morgan fingerprint density at radius 3 is 2.33 bits per heavy atom. The normalized spacial score (nSPS) is 11.3. The topological polar surface area (TPSA) is 67.2 Å². The van der Waals surface area contributed by atoms with Crippen LogP contribution >= 0.6 is 0 Å². The van der Waals surface area contributed by atoms with Crippen LogP contribution in [0.5, 0.6) is 0 Å². The highest BCUT2D eigenvalue weighted by Crippen LogP contribution is 2.34. The van der Waals surface area contributed by atoms with Crippen molar-refractivity contribution in [3.05, 3.63) is 83.2 Å². The summed E-state index contributed by atoms with van der Waals surface area (Å²) in [5.74, 6) is -3.09. The van der Waals surface area contributed by atoms with E-state index < -0.39 is 53.1 Å². The average Bonchev–Trinajstić information content (AvgIpc) is 3.22. The second kappa shape index (κ2) is 9.80. The van der Waals surface area contributed by atoms with E-state index in [1.54, 1.807) is 0 Å². The lowest BCUT2D eigenvalue weighted by Gasteiger charge is -2.21. The van der Waals surface area contributed by atoms with Crippen LogP contribution in [0.1, 0.15) is 28.5 Å². The predicted molar refractivity (Wildman–Crippen MR) is 108 cm³/mol. The molecular formula is C22H19F5N4O2. The maximum absolute atomic E-state index is 14.1. The minimum absolute atomic E-state index is 0.0455. The summed E-state index contributed by atoms with van der Waals surface area (Å²) in [6.07, 6.45) is -4.31. The van der Waals surface area contributed by atoms with Crippen LogP contribution in [0.2, 0.25) is 0 Å². The number of rotatable bonds is 7. The molecule has 11 heteroatoms. The number of hydrogen-bond donors (Lipinski definition) is 1. The van der Waals surface area contributed by atoms with Gasteiger partial charge in [-0.25, -0.2) is 13.5 Å². The van der Waals surface area contributed by atoms with Crippen molar-refractivity contribution in [3.63, 3.8) is 0 Å². The lowest BCUT2D eigenvalue weighted by Crippen LogP contribution is -2.41. The largest absolute Gasteiger partial charge is 0.434 e. The molecule has 0 bridgehead atoms. The summed E-state index contributed by atoms with van der Waals surface area (Å²) >= 11 is 0. The maximum Gasteiger partial charge on any atom is 0.434 e. The van der Waals surface area contributed by atoms with E-state index >= 15 is 0 Å². The highest BCUT2D eigenvalue weighted by molar-refractivity contribution is 5.97. The number of nitrogens with one attached hydrogen (secondary N) is 1. The van der Waals surface area contributed by atoms with Gasteiger partial charge in [0.15, 0.2) is 5.69 Å². The molecule has 0 atom stereocenters. The van der Waals surface area contributed by atoms with Gasteiger partial charge in [0.25, 0.3) is 5.91 Å². The molecule has 0 fully saturated rings. The lowest BCUT2D eigenvalue weighted by molar-refractivity contribution is -0.143. The quantitative estimate of drug-likeness (QED) is 0.537. The zero-order valence-corrected chi connectivity index (χ0v) is 17.4. The number of aromatic nitrogens is 2. The molecule has 0 unspecified atom stereocenters. The third kappa shape index (κ3) is 5.54. The summed E-state index contributed by atoms with van der Waals surface area (Å²) in [5.41, 5.74) is -2.12. The first-order valence-electron chi connectivity index (χ1n) is 9.82. The first-order valence-corrected chi connectivity index (χ1v) is 9.82. The molecule has 0 saturated heterocycles. The van der Waals surface area contributed by atoms with Gasteiger partial charge in [-0.1, -0.05) is 24.3 Å². The zero-order chi connectivity index (χ0) is 24.2. The molecule has 0 spiro atoms. The van der Waals surface area contributed by atoms with Crippen molar-refractivity contribution in [1.82, 2.24) is 20.0 Å². The van der Waals surface area contributed by atoms with Gasteiger partial charge in [-0.3, -0.25) is 9.59 Å². The third-order valence-electron chi connectivity index (χ3n) is 4.76. The van der Waals surface area contributed by atoms with Crippen LogP contribution in [0, 0.1) is 11.6 Å². The Bertz CT molecular complexity index is 1140. The van der Waals surface area contributed by atoms with Crippen LogP contribution in [-0.2, 0) is 17.5 Å². The van der Waals surface area contributed by atoms with Gasteiger partial charge >= 0.3 is 6.18 Å². The smallest absolute Gasteiger partial charge is 0.350 e. The zero-order valence-electron chi connectivity index (χ0n) is 17.4. The van der Waals surface area contributed by atoms with Gasteiger partial charge in [0, 0.05) is 13.1 Å². The average molecular weight is 466 g/mol. The molecule has 1 aromatic heterocycles. The van der Waals surface area contributed by atoms with Gasteiger partial charge in [0.1, 0.15) is 17.3 Å². The maximum atomic E-state index is 14.1. The molecule has 0 radical (unpaired) electrons. The van der Waals surface area contributed by atoms with E-state index in [1.807, 2.05) is 0 Å². The number of para-hydroxylation sites is 1. The summed E-state index contributed by atoms with van der Waals surface area (Å²) in [7, 11) is 0. The van der Waals surface area contributed by atoms with Crippen LogP contribution in [0.4, 0.5) is 22.0 Å². The molecule has 2 amide bonds. The highest BCUT2D eigenvalue weighted by Gasteiger charge is 2.41. The molecule has 1 N–H and O–H groups in total. The Morgan fingerprint density at radius 2 is 1.73 bits per heavy atom. The fraction of sp³-hybridized carbons (Fsp3) is 0.227. The van der Waals surface area contributed by atoms with Gasteiger partial charge in [-0.15, -0.1) is 0 Å². The van der Waals surface area contributed by atoms with Crippen molar-refractivity contribution in [2.75, 3.05) is 13.1 Å². The van der Waals surface area contributed by atoms with Crippen LogP contribution in [0.3, 0.4) is 0 Å². The molecule has 0 saturated carbocycles. The van der Waals surface area contributed by atoms with Crippen LogP contribution in [-0.4, -0.2) is 39.6 Å². The second-order valence-corrected chi connectivity index (χ2v) is 6.99. The van der Waals surface area contributed by atoms with E-state index in [1.165, 1.54) is 43.3 Å². The third-order valence-corrected chi connectivity index (χ3v) is 4.76. The minimum Gasteiger partial charge on any atom is -0.350 e. The SMILES string of the molecule is CCN(CC(=O)NCc1ccc(F)cc1)C(=O)c1cnn(-c2ccccc2F)c1C(F)(F)F. The number of hydrogen-bond acceptors (Lipinski definition) is 3. The Hall–Kier alpha value is -3.76. The standard InChI is InChI=1S/C22H19F5N4O2/c1-2-30(13-19(32)28-11-14-7-9-15(23)10-8-14)21(33)16-12-29-31(20(16)22(25,26)27)18-6-4-3-5-17(18)24/h3-10,12H,2,11,13H2,1H3,(H,28,32). The monoisotopic (exact) mass is 466 g/mol. The number of benzene rings is 2. The molecule has 3 rings (SSSR count). The Labute approximate surface area is 185 Å². The molecule has 0 aliphatic heterocycles. The van der Waals surface area contributed by atoms with E-state index in [9.17, 15) is 31.5 Å². The number of likely N-dealkylation sites (N-methyl/N-ethyl adjacent to an activating group) is 1. The summed E-state index contributed by atoms with van der Waals surface area (Å²) in [5, 5.41) is 6.12. The molecule has 174 valence electrons. The van der Waals surface area contributed by atoms with E-state index in [2.05, 4.69) is 10.4 Å². The molecular weight excluding hydrogens is 447 g/mol.